The minimum atomic E-state index is -4.98. The van der Waals surface area contributed by atoms with Gasteiger partial charge in [-0.1, -0.05) is 6.07 Å². The first kappa shape index (κ1) is 22.2. The average molecular weight is 449 g/mol. The van der Waals surface area contributed by atoms with Gasteiger partial charge in [0.15, 0.2) is 0 Å². The predicted molar refractivity (Wildman–Crippen MR) is 111 cm³/mol. The van der Waals surface area contributed by atoms with Crippen molar-refractivity contribution < 1.29 is 32.2 Å². The lowest BCUT2D eigenvalue weighted by atomic mass is 10.1. The molecular weight excluding hydrogens is 427 g/mol. The Morgan fingerprint density at radius 1 is 1.09 bits per heavy atom. The van der Waals surface area contributed by atoms with Crippen molar-refractivity contribution in [1.29, 1.82) is 0 Å². The van der Waals surface area contributed by atoms with Gasteiger partial charge in [0.1, 0.15) is 17.1 Å². The molecule has 0 radical (unpaired) electrons. The first-order valence-corrected chi connectivity index (χ1v) is 10.1. The lowest BCUT2D eigenvalue weighted by molar-refractivity contribution is -0.154. The van der Waals surface area contributed by atoms with Gasteiger partial charge in [0.2, 0.25) is 11.2 Å². The van der Waals surface area contributed by atoms with E-state index in [9.17, 15) is 23.1 Å². The van der Waals surface area contributed by atoms with E-state index in [1.165, 1.54) is 18.2 Å². The summed E-state index contributed by atoms with van der Waals surface area (Å²) in [4.78, 5) is 15.0. The number of rotatable bonds is 4. The first-order valence-electron chi connectivity index (χ1n) is 10.1. The number of phenolic OH excluding ortho intramolecular Hbond substituents is 1. The fraction of sp³-hybridized carbons (Fsp3) is 0.348. The lowest BCUT2D eigenvalue weighted by Crippen LogP contribution is -2.35. The second-order valence-corrected chi connectivity index (χ2v) is 7.76. The van der Waals surface area contributed by atoms with Gasteiger partial charge in [0, 0.05) is 19.6 Å². The van der Waals surface area contributed by atoms with E-state index in [0.717, 1.165) is 11.1 Å². The minimum absolute atomic E-state index is 0.0950. The van der Waals surface area contributed by atoms with Crippen LogP contribution in [0.4, 0.5) is 13.2 Å². The zero-order valence-electron chi connectivity index (χ0n) is 17.6. The Balaban J connectivity index is 1.87. The van der Waals surface area contributed by atoms with Gasteiger partial charge in [-0.15, -0.1) is 0 Å². The van der Waals surface area contributed by atoms with Crippen LogP contribution in [0, 0.1) is 13.8 Å². The summed E-state index contributed by atoms with van der Waals surface area (Å²) in [6, 6.07) is 7.26. The third-order valence-electron chi connectivity index (χ3n) is 5.54. The molecule has 32 heavy (non-hydrogen) atoms. The van der Waals surface area contributed by atoms with Crippen LogP contribution in [0.1, 0.15) is 22.5 Å². The van der Waals surface area contributed by atoms with E-state index >= 15 is 0 Å². The highest BCUT2D eigenvalue weighted by molar-refractivity contribution is 5.83. The molecule has 1 N–H and O–H groups in total. The molecule has 0 amide bonds. The van der Waals surface area contributed by atoms with Crippen LogP contribution in [0.25, 0.3) is 11.0 Å². The van der Waals surface area contributed by atoms with E-state index in [0.29, 0.717) is 26.3 Å². The van der Waals surface area contributed by atoms with Gasteiger partial charge in [-0.2, -0.15) is 13.2 Å². The molecular formula is C23H22F3NO5. The van der Waals surface area contributed by atoms with E-state index in [2.05, 4.69) is 0 Å². The Morgan fingerprint density at radius 2 is 1.81 bits per heavy atom. The van der Waals surface area contributed by atoms with Crippen LogP contribution in [-0.4, -0.2) is 36.3 Å². The number of alkyl halides is 3. The number of phenols is 1. The van der Waals surface area contributed by atoms with Crippen LogP contribution in [0.2, 0.25) is 0 Å². The normalized spacial score (nSPS) is 15.3. The molecule has 0 unspecified atom stereocenters. The Bertz CT molecular complexity index is 1210. The number of fused-ring (bicyclic) bond motifs is 1. The second-order valence-electron chi connectivity index (χ2n) is 7.76. The van der Waals surface area contributed by atoms with Crippen molar-refractivity contribution in [3.63, 3.8) is 0 Å². The quantitative estimate of drug-likeness (QED) is 0.619. The molecule has 0 atom stereocenters. The number of halogens is 3. The Morgan fingerprint density at radius 3 is 2.47 bits per heavy atom. The monoisotopic (exact) mass is 449 g/mol. The maximum absolute atomic E-state index is 13.9. The highest BCUT2D eigenvalue weighted by Crippen LogP contribution is 2.40. The van der Waals surface area contributed by atoms with Gasteiger partial charge in [0.05, 0.1) is 24.2 Å². The van der Waals surface area contributed by atoms with Crippen molar-refractivity contribution in [3.8, 4) is 17.2 Å². The molecule has 1 aromatic heterocycles. The van der Waals surface area contributed by atoms with Crippen LogP contribution in [-0.2, 0) is 17.5 Å². The molecule has 1 saturated heterocycles. The zero-order valence-corrected chi connectivity index (χ0v) is 17.6. The average Bonchev–Trinajstić information content (AvgIpc) is 2.74. The van der Waals surface area contributed by atoms with Crippen LogP contribution >= 0.6 is 0 Å². The highest BCUT2D eigenvalue weighted by Gasteiger charge is 2.41. The maximum atomic E-state index is 13.9. The van der Waals surface area contributed by atoms with Crippen molar-refractivity contribution in [2.45, 2.75) is 26.6 Å². The number of hydrogen-bond acceptors (Lipinski definition) is 6. The summed E-state index contributed by atoms with van der Waals surface area (Å²) in [7, 11) is 0. The Labute approximate surface area is 181 Å². The van der Waals surface area contributed by atoms with E-state index in [-0.39, 0.29) is 34.6 Å². The number of aromatic hydroxyl groups is 1. The fourth-order valence-corrected chi connectivity index (χ4v) is 3.60. The standard InChI is InChI=1S/C23H22F3NO5/c1-13-3-4-15(11-14(13)2)31-21-19(29)16-5-6-18(28)17(12-27-7-9-30-10-8-27)20(16)32-22(21)23(24,25)26/h3-6,11,28H,7-10,12H2,1-2H3. The molecule has 0 aliphatic carbocycles. The van der Waals surface area contributed by atoms with Crippen LogP contribution in [0.15, 0.2) is 39.5 Å². The SMILES string of the molecule is Cc1ccc(Oc2c(C(F)(F)F)oc3c(CN4CCOCC4)c(O)ccc3c2=O)cc1C. The summed E-state index contributed by atoms with van der Waals surface area (Å²) < 4.78 is 57.6. The lowest BCUT2D eigenvalue weighted by Gasteiger charge is -2.27. The Hall–Kier alpha value is -3.04. The van der Waals surface area contributed by atoms with Crippen molar-refractivity contribution in [3.05, 3.63) is 63.0 Å². The summed E-state index contributed by atoms with van der Waals surface area (Å²) >= 11 is 0. The third-order valence-corrected chi connectivity index (χ3v) is 5.54. The van der Waals surface area contributed by atoms with E-state index in [1.54, 1.807) is 19.1 Å². The van der Waals surface area contributed by atoms with Gasteiger partial charge in [-0.05, 0) is 49.2 Å². The summed E-state index contributed by atoms with van der Waals surface area (Å²) in [6.07, 6.45) is -4.98. The fourth-order valence-electron chi connectivity index (χ4n) is 3.60. The predicted octanol–water partition coefficient (Wildman–Crippen LogP) is 4.76. The number of aryl methyl sites for hydroxylation is 2. The van der Waals surface area contributed by atoms with Gasteiger partial charge >= 0.3 is 6.18 Å². The zero-order chi connectivity index (χ0) is 23.0. The van der Waals surface area contributed by atoms with Crippen LogP contribution < -0.4 is 10.2 Å². The van der Waals surface area contributed by atoms with E-state index in [4.69, 9.17) is 13.9 Å². The molecule has 2 aromatic carbocycles. The summed E-state index contributed by atoms with van der Waals surface area (Å²) in [5, 5.41) is 10.3. The largest absolute Gasteiger partial charge is 0.507 e. The third kappa shape index (κ3) is 4.31. The molecule has 0 bridgehead atoms. The van der Waals surface area contributed by atoms with Gasteiger partial charge in [0.25, 0.3) is 5.76 Å². The number of ether oxygens (including phenoxy) is 2. The molecule has 0 spiro atoms. The van der Waals surface area contributed by atoms with Crippen LogP contribution in [0.5, 0.6) is 17.2 Å². The summed E-state index contributed by atoms with van der Waals surface area (Å²) in [5.74, 6) is -2.63. The maximum Gasteiger partial charge on any atom is 0.453 e. The second kappa shape index (κ2) is 8.48. The van der Waals surface area contributed by atoms with E-state index in [1.807, 2.05) is 11.8 Å². The minimum Gasteiger partial charge on any atom is -0.507 e. The van der Waals surface area contributed by atoms with Crippen molar-refractivity contribution in [1.82, 2.24) is 4.90 Å². The molecule has 170 valence electrons. The Kier molecular flexibility index (Phi) is 5.87. The number of benzene rings is 2. The molecule has 3 aromatic rings. The number of hydrogen-bond donors (Lipinski definition) is 1. The van der Waals surface area contributed by atoms with Gasteiger partial charge in [-0.3, -0.25) is 9.69 Å². The smallest absolute Gasteiger partial charge is 0.453 e. The van der Waals surface area contributed by atoms with Gasteiger partial charge < -0.3 is 19.0 Å². The molecule has 0 saturated carbocycles. The van der Waals surface area contributed by atoms with Gasteiger partial charge in [-0.25, -0.2) is 0 Å². The number of nitrogens with zero attached hydrogens (tertiary/aromatic N) is 1. The highest BCUT2D eigenvalue weighted by atomic mass is 19.4. The topological polar surface area (TPSA) is 72.1 Å². The summed E-state index contributed by atoms with van der Waals surface area (Å²) in [6.45, 7) is 5.78. The van der Waals surface area contributed by atoms with Crippen LogP contribution in [0.3, 0.4) is 0 Å². The molecule has 2 heterocycles. The number of morpholine rings is 1. The molecule has 4 rings (SSSR count). The van der Waals surface area contributed by atoms with E-state index < -0.39 is 23.1 Å². The summed E-state index contributed by atoms with van der Waals surface area (Å²) in [5.41, 5.74) is 0.590. The molecule has 9 heteroatoms. The molecule has 1 aliphatic heterocycles. The molecule has 1 fully saturated rings. The molecule has 6 nitrogen and oxygen atoms in total. The van der Waals surface area contributed by atoms with Crippen molar-refractivity contribution in [2.24, 2.45) is 0 Å². The molecule has 1 aliphatic rings. The first-order chi connectivity index (χ1) is 15.1. The van der Waals surface area contributed by atoms with Crippen molar-refractivity contribution >= 4 is 11.0 Å². The van der Waals surface area contributed by atoms with Crippen molar-refractivity contribution in [2.75, 3.05) is 26.3 Å².